The van der Waals surface area contributed by atoms with Crippen molar-refractivity contribution in [1.29, 1.82) is 0 Å². The van der Waals surface area contributed by atoms with Crippen LogP contribution in [0.5, 0.6) is 5.75 Å². The first-order valence-corrected chi connectivity index (χ1v) is 11.4. The van der Waals surface area contributed by atoms with Crippen LogP contribution in [-0.2, 0) is 25.5 Å². The zero-order valence-corrected chi connectivity index (χ0v) is 18.5. The Morgan fingerprint density at radius 3 is 2.61 bits per heavy atom. The monoisotopic (exact) mass is 429 g/mol. The van der Waals surface area contributed by atoms with Gasteiger partial charge in [-0.1, -0.05) is 37.1 Å². The number of esters is 1. The standard InChI is InChI=1S/C25H35NO5/c1-3-29-24(28)25(17-31-25)12-6-4-5-7-13-30-21-10-8-19(9-11-21)14-22-18(2)23(22)15-20(26)16-27/h8-11,16,20,22-23H,2-7,12-15,17,26H2,1H3. The predicted molar refractivity (Wildman–Crippen MR) is 119 cm³/mol. The third kappa shape index (κ3) is 6.65. The summed E-state index contributed by atoms with van der Waals surface area (Å²) >= 11 is 0. The minimum absolute atomic E-state index is 0.215. The Balaban J connectivity index is 1.26. The lowest BCUT2D eigenvalue weighted by atomic mass is 10.0. The van der Waals surface area contributed by atoms with Crippen LogP contribution in [-0.4, -0.2) is 43.7 Å². The number of unbranched alkanes of at least 4 members (excludes halogenated alkanes) is 3. The van der Waals surface area contributed by atoms with Gasteiger partial charge in [-0.15, -0.1) is 0 Å². The number of ether oxygens (including phenoxy) is 3. The quantitative estimate of drug-likeness (QED) is 0.151. The average molecular weight is 430 g/mol. The number of epoxide rings is 1. The summed E-state index contributed by atoms with van der Waals surface area (Å²) in [5.41, 5.74) is 7.54. The molecule has 0 bridgehead atoms. The van der Waals surface area contributed by atoms with Crippen molar-refractivity contribution in [2.45, 2.75) is 63.5 Å². The smallest absolute Gasteiger partial charge is 0.340 e. The van der Waals surface area contributed by atoms with E-state index in [1.165, 1.54) is 11.1 Å². The van der Waals surface area contributed by atoms with E-state index in [9.17, 15) is 9.59 Å². The third-order valence-corrected chi connectivity index (χ3v) is 6.29. The molecule has 0 radical (unpaired) electrons. The van der Waals surface area contributed by atoms with Gasteiger partial charge in [-0.25, -0.2) is 4.79 Å². The first kappa shape index (κ1) is 23.5. The fourth-order valence-corrected chi connectivity index (χ4v) is 4.13. The molecule has 6 nitrogen and oxygen atoms in total. The van der Waals surface area contributed by atoms with Crippen molar-refractivity contribution in [3.63, 3.8) is 0 Å². The molecule has 2 N–H and O–H groups in total. The molecular formula is C25H35NO5. The highest BCUT2D eigenvalue weighted by Crippen LogP contribution is 2.49. The van der Waals surface area contributed by atoms with Crippen molar-refractivity contribution in [3.05, 3.63) is 42.0 Å². The predicted octanol–water partition coefficient (Wildman–Crippen LogP) is 3.61. The van der Waals surface area contributed by atoms with Crippen molar-refractivity contribution in [1.82, 2.24) is 0 Å². The SMILES string of the molecule is C=C1C(Cc2ccc(OCCCCCCC3(C(=O)OCC)CO3)cc2)C1CC(N)C=O. The van der Waals surface area contributed by atoms with Gasteiger partial charge in [0, 0.05) is 0 Å². The maximum absolute atomic E-state index is 11.8. The number of allylic oxidation sites excluding steroid dienone is 1. The minimum atomic E-state index is -0.651. The second kappa shape index (κ2) is 10.9. The molecule has 2 fully saturated rings. The zero-order valence-electron chi connectivity index (χ0n) is 18.5. The first-order valence-electron chi connectivity index (χ1n) is 11.4. The van der Waals surface area contributed by atoms with Crippen LogP contribution in [0.1, 0.15) is 51.0 Å². The van der Waals surface area contributed by atoms with Crippen LogP contribution in [0.4, 0.5) is 0 Å². The number of nitrogens with two attached hydrogens (primary N) is 1. The summed E-state index contributed by atoms with van der Waals surface area (Å²) in [4.78, 5) is 22.6. The first-order chi connectivity index (χ1) is 15.0. The number of carbonyl (C=O) groups is 2. The van der Waals surface area contributed by atoms with Gasteiger partial charge in [-0.2, -0.15) is 0 Å². The molecule has 0 aromatic heterocycles. The Morgan fingerprint density at radius 2 is 1.97 bits per heavy atom. The largest absolute Gasteiger partial charge is 0.494 e. The summed E-state index contributed by atoms with van der Waals surface area (Å²) in [5.74, 6) is 1.47. The molecule has 1 aromatic carbocycles. The van der Waals surface area contributed by atoms with Crippen LogP contribution in [0.25, 0.3) is 0 Å². The number of hydrogen-bond donors (Lipinski definition) is 1. The highest BCUT2D eigenvalue weighted by atomic mass is 16.6. The topological polar surface area (TPSA) is 91.2 Å². The van der Waals surface area contributed by atoms with Gasteiger partial charge in [0.05, 0.1) is 25.9 Å². The Morgan fingerprint density at radius 1 is 1.26 bits per heavy atom. The Bertz CT molecular complexity index is 756. The van der Waals surface area contributed by atoms with E-state index < -0.39 is 5.60 Å². The molecule has 1 aliphatic carbocycles. The molecule has 0 spiro atoms. The summed E-state index contributed by atoms with van der Waals surface area (Å²) in [6, 6.07) is 7.84. The minimum Gasteiger partial charge on any atom is -0.494 e. The average Bonchev–Trinajstić information content (AvgIpc) is 3.68. The van der Waals surface area contributed by atoms with Gasteiger partial charge >= 0.3 is 5.97 Å². The van der Waals surface area contributed by atoms with Gasteiger partial charge in [-0.05, 0) is 68.6 Å². The fourth-order valence-electron chi connectivity index (χ4n) is 4.13. The van der Waals surface area contributed by atoms with Crippen LogP contribution < -0.4 is 10.5 Å². The fraction of sp³-hybridized carbons (Fsp3) is 0.600. The van der Waals surface area contributed by atoms with Crippen molar-refractivity contribution in [3.8, 4) is 5.75 Å². The van der Waals surface area contributed by atoms with E-state index in [-0.39, 0.29) is 12.0 Å². The third-order valence-electron chi connectivity index (χ3n) is 6.29. The van der Waals surface area contributed by atoms with E-state index in [1.54, 1.807) is 0 Å². The van der Waals surface area contributed by atoms with Gasteiger partial charge in [0.2, 0.25) is 0 Å². The maximum atomic E-state index is 11.8. The number of rotatable bonds is 15. The Labute approximate surface area is 185 Å². The molecule has 31 heavy (non-hydrogen) atoms. The molecule has 1 aromatic rings. The van der Waals surface area contributed by atoms with Crippen LogP contribution >= 0.6 is 0 Å². The summed E-state index contributed by atoms with van der Waals surface area (Å²) in [7, 11) is 0. The van der Waals surface area contributed by atoms with Crippen LogP contribution in [0.15, 0.2) is 36.4 Å². The lowest BCUT2D eigenvalue weighted by Gasteiger charge is -2.10. The van der Waals surface area contributed by atoms with Crippen molar-refractivity contribution < 1.29 is 23.8 Å². The molecule has 3 rings (SSSR count). The molecule has 0 amide bonds. The molecule has 1 saturated carbocycles. The summed E-state index contributed by atoms with van der Waals surface area (Å²) < 4.78 is 16.3. The lowest BCUT2D eigenvalue weighted by molar-refractivity contribution is -0.149. The van der Waals surface area contributed by atoms with E-state index in [0.717, 1.165) is 50.6 Å². The Hall–Kier alpha value is -2.18. The van der Waals surface area contributed by atoms with E-state index in [2.05, 4.69) is 18.7 Å². The maximum Gasteiger partial charge on any atom is 0.340 e. The van der Waals surface area contributed by atoms with E-state index in [4.69, 9.17) is 19.9 Å². The zero-order chi connectivity index (χ0) is 22.3. The highest BCUT2D eigenvalue weighted by molar-refractivity contribution is 5.82. The molecule has 2 aliphatic rings. The number of aldehydes is 1. The van der Waals surface area contributed by atoms with Gasteiger partial charge in [0.15, 0.2) is 5.60 Å². The summed E-state index contributed by atoms with van der Waals surface area (Å²) in [5, 5.41) is 0. The molecule has 1 saturated heterocycles. The highest BCUT2D eigenvalue weighted by Gasteiger charge is 2.52. The summed E-state index contributed by atoms with van der Waals surface area (Å²) in [6.07, 6.45) is 7.24. The second-order valence-electron chi connectivity index (χ2n) is 8.69. The van der Waals surface area contributed by atoms with E-state index in [1.807, 2.05) is 19.1 Å². The van der Waals surface area contributed by atoms with Crippen LogP contribution in [0, 0.1) is 11.8 Å². The molecule has 1 aliphatic heterocycles. The van der Waals surface area contributed by atoms with Crippen LogP contribution in [0.3, 0.4) is 0 Å². The van der Waals surface area contributed by atoms with E-state index >= 15 is 0 Å². The summed E-state index contributed by atoms with van der Waals surface area (Å²) in [6.45, 7) is 7.50. The van der Waals surface area contributed by atoms with E-state index in [0.29, 0.717) is 38.1 Å². The van der Waals surface area contributed by atoms with Crippen molar-refractivity contribution in [2.75, 3.05) is 19.8 Å². The molecule has 6 heteroatoms. The molecular weight excluding hydrogens is 394 g/mol. The normalized spacial score (nSPS) is 25.0. The van der Waals surface area contributed by atoms with Crippen molar-refractivity contribution >= 4 is 12.3 Å². The molecule has 1 heterocycles. The number of hydrogen-bond acceptors (Lipinski definition) is 6. The van der Waals surface area contributed by atoms with Crippen LogP contribution in [0.2, 0.25) is 0 Å². The van der Waals surface area contributed by atoms with Gasteiger partial charge in [0.25, 0.3) is 0 Å². The molecule has 170 valence electrons. The van der Waals surface area contributed by atoms with Gasteiger partial charge in [-0.3, -0.25) is 0 Å². The number of benzene rings is 1. The second-order valence-corrected chi connectivity index (χ2v) is 8.69. The van der Waals surface area contributed by atoms with Gasteiger partial charge in [0.1, 0.15) is 12.0 Å². The molecule has 4 unspecified atom stereocenters. The number of carbonyl (C=O) groups excluding carboxylic acids is 2. The van der Waals surface area contributed by atoms with Crippen molar-refractivity contribution in [2.24, 2.45) is 17.6 Å². The van der Waals surface area contributed by atoms with Gasteiger partial charge < -0.3 is 24.7 Å². The molecule has 4 atom stereocenters. The Kier molecular flexibility index (Phi) is 8.27. The lowest BCUT2D eigenvalue weighted by Crippen LogP contribution is -2.27.